The first-order chi connectivity index (χ1) is 7.96. The van der Waals surface area contributed by atoms with E-state index in [1.165, 1.54) is 6.42 Å². The molecule has 0 aromatic carbocycles. The summed E-state index contributed by atoms with van der Waals surface area (Å²) in [5.74, 6) is 0.623. The molecular weight excluding hydrogens is 232 g/mol. The van der Waals surface area contributed by atoms with Gasteiger partial charge in [0.15, 0.2) is 0 Å². The van der Waals surface area contributed by atoms with Crippen molar-refractivity contribution in [2.45, 2.75) is 39.2 Å². The molecule has 0 radical (unpaired) electrons. The molecule has 1 fully saturated rings. The average molecular weight is 250 g/mol. The average Bonchev–Trinajstić information content (AvgIpc) is 2.58. The predicted octanol–water partition coefficient (Wildman–Crippen LogP) is 2.10. The highest BCUT2D eigenvalue weighted by Crippen LogP contribution is 2.37. The van der Waals surface area contributed by atoms with Crippen LogP contribution in [-0.2, 0) is 0 Å². The van der Waals surface area contributed by atoms with Crippen molar-refractivity contribution in [1.29, 1.82) is 0 Å². The van der Waals surface area contributed by atoms with E-state index in [0.29, 0.717) is 28.1 Å². The van der Waals surface area contributed by atoms with Crippen molar-refractivity contribution in [1.82, 2.24) is 9.97 Å². The summed E-state index contributed by atoms with van der Waals surface area (Å²) in [6, 6.07) is 2.18. The summed E-state index contributed by atoms with van der Waals surface area (Å²) in [6.45, 7) is 4.59. The summed E-state index contributed by atoms with van der Waals surface area (Å²) in [6.07, 6.45) is 5.23. The smallest absolute Gasteiger partial charge is 0.223 e. The van der Waals surface area contributed by atoms with Crippen molar-refractivity contribution in [3.05, 3.63) is 18.0 Å². The van der Waals surface area contributed by atoms with Gasteiger partial charge in [-0.05, 0) is 30.7 Å². The summed E-state index contributed by atoms with van der Waals surface area (Å²) in [5, 5.41) is 3.35. The van der Waals surface area contributed by atoms with E-state index in [4.69, 9.17) is 18.0 Å². The van der Waals surface area contributed by atoms with Gasteiger partial charge in [0.25, 0.3) is 0 Å². The summed E-state index contributed by atoms with van der Waals surface area (Å²) in [7, 11) is 0. The van der Waals surface area contributed by atoms with Crippen LogP contribution in [0.25, 0.3) is 0 Å². The molecule has 4 nitrogen and oxygen atoms in total. The zero-order chi connectivity index (χ0) is 12.5. The second kappa shape index (κ2) is 4.56. The number of hydrogen-bond donors (Lipinski definition) is 2. The lowest BCUT2D eigenvalue weighted by molar-refractivity contribution is 0.378. The molecule has 1 aromatic rings. The molecule has 1 saturated carbocycles. The van der Waals surface area contributed by atoms with Gasteiger partial charge in [0.2, 0.25) is 5.95 Å². The minimum absolute atomic E-state index is 0.308. The number of thiocarbonyl (C=S) groups is 1. The van der Waals surface area contributed by atoms with E-state index >= 15 is 0 Å². The number of rotatable bonds is 3. The molecule has 1 aliphatic rings. The van der Waals surface area contributed by atoms with Gasteiger partial charge in [-0.15, -0.1) is 0 Å². The van der Waals surface area contributed by atoms with E-state index in [-0.39, 0.29) is 0 Å². The second-order valence-electron chi connectivity index (χ2n) is 5.38. The lowest BCUT2D eigenvalue weighted by Gasteiger charge is -2.17. The van der Waals surface area contributed by atoms with Gasteiger partial charge in [0.1, 0.15) is 10.7 Å². The molecular formula is C12H18N4S. The lowest BCUT2D eigenvalue weighted by atomic mass is 9.92. The molecule has 0 saturated heterocycles. The third-order valence-electron chi connectivity index (χ3n) is 3.21. The van der Waals surface area contributed by atoms with E-state index in [1.807, 2.05) is 0 Å². The van der Waals surface area contributed by atoms with Crippen LogP contribution in [0.1, 0.15) is 38.8 Å². The third-order valence-corrected chi connectivity index (χ3v) is 3.42. The molecule has 1 unspecified atom stereocenters. The Balaban J connectivity index is 2.04. The summed E-state index contributed by atoms with van der Waals surface area (Å²) in [5.41, 5.74) is 6.58. The minimum Gasteiger partial charge on any atom is -0.388 e. The molecule has 1 heterocycles. The van der Waals surface area contributed by atoms with Crippen LogP contribution < -0.4 is 11.1 Å². The van der Waals surface area contributed by atoms with Crippen molar-refractivity contribution in [2.24, 2.45) is 11.1 Å². The molecule has 2 rings (SSSR count). The lowest BCUT2D eigenvalue weighted by Crippen LogP contribution is -2.20. The highest BCUT2D eigenvalue weighted by Gasteiger charge is 2.31. The first kappa shape index (κ1) is 12.2. The number of aromatic nitrogens is 2. The van der Waals surface area contributed by atoms with E-state index in [9.17, 15) is 0 Å². The van der Waals surface area contributed by atoms with Gasteiger partial charge < -0.3 is 11.1 Å². The Kier molecular flexibility index (Phi) is 3.28. The second-order valence-corrected chi connectivity index (χ2v) is 5.82. The number of nitrogens with zero attached hydrogens (tertiary/aromatic N) is 2. The van der Waals surface area contributed by atoms with Gasteiger partial charge in [-0.3, -0.25) is 0 Å². The quantitative estimate of drug-likeness (QED) is 0.804. The minimum atomic E-state index is 0.308. The third kappa shape index (κ3) is 3.12. The zero-order valence-electron chi connectivity index (χ0n) is 10.2. The molecule has 1 aromatic heterocycles. The normalized spacial score (nSPS) is 22.4. The van der Waals surface area contributed by atoms with Gasteiger partial charge in [-0.1, -0.05) is 26.1 Å². The van der Waals surface area contributed by atoms with Crippen LogP contribution in [0.15, 0.2) is 12.3 Å². The summed E-state index contributed by atoms with van der Waals surface area (Å²) in [4.78, 5) is 8.80. The van der Waals surface area contributed by atoms with Crippen LogP contribution in [0.3, 0.4) is 0 Å². The molecule has 3 N–H and O–H groups in total. The fourth-order valence-electron chi connectivity index (χ4n) is 2.31. The maximum absolute atomic E-state index is 5.55. The Morgan fingerprint density at radius 1 is 1.59 bits per heavy atom. The highest BCUT2D eigenvalue weighted by atomic mass is 32.1. The maximum atomic E-state index is 5.55. The van der Waals surface area contributed by atoms with Crippen LogP contribution in [0, 0.1) is 5.41 Å². The molecule has 1 aliphatic carbocycles. The predicted molar refractivity (Wildman–Crippen MR) is 73.0 cm³/mol. The first-order valence-corrected chi connectivity index (χ1v) is 6.26. The fourth-order valence-corrected chi connectivity index (χ4v) is 2.42. The monoisotopic (exact) mass is 250 g/mol. The van der Waals surface area contributed by atoms with Gasteiger partial charge in [-0.25, -0.2) is 9.97 Å². The number of nitrogens with two attached hydrogens (primary N) is 1. The van der Waals surface area contributed by atoms with Crippen molar-refractivity contribution >= 4 is 23.2 Å². The number of hydrogen-bond acceptors (Lipinski definition) is 4. The molecule has 5 heteroatoms. The molecule has 17 heavy (non-hydrogen) atoms. The molecule has 0 aliphatic heterocycles. The van der Waals surface area contributed by atoms with Gasteiger partial charge in [0.05, 0.1) is 0 Å². The Labute approximate surface area is 107 Å². The SMILES string of the molecule is CC1(C)CCC(Nc2nccc(C(N)=S)n2)C1. The van der Waals surface area contributed by atoms with Crippen molar-refractivity contribution < 1.29 is 0 Å². The molecule has 0 spiro atoms. The standard InChI is InChI=1S/C12H18N4S/c1-12(2)5-3-8(7-12)15-11-14-6-4-9(16-11)10(13)17/h4,6,8H,3,5,7H2,1-2H3,(H2,13,17)(H,14,15,16). The van der Waals surface area contributed by atoms with Crippen LogP contribution in [0.5, 0.6) is 0 Å². The van der Waals surface area contributed by atoms with Crippen LogP contribution in [0.2, 0.25) is 0 Å². The Hall–Kier alpha value is -1.23. The van der Waals surface area contributed by atoms with E-state index in [1.54, 1.807) is 12.3 Å². The molecule has 92 valence electrons. The first-order valence-electron chi connectivity index (χ1n) is 5.86. The van der Waals surface area contributed by atoms with Crippen molar-refractivity contribution in [2.75, 3.05) is 5.32 Å². The number of nitrogens with one attached hydrogen (secondary N) is 1. The Morgan fingerprint density at radius 2 is 2.35 bits per heavy atom. The van der Waals surface area contributed by atoms with Crippen LogP contribution >= 0.6 is 12.2 Å². The molecule has 0 amide bonds. The maximum Gasteiger partial charge on any atom is 0.223 e. The van der Waals surface area contributed by atoms with E-state index in [2.05, 4.69) is 29.1 Å². The van der Waals surface area contributed by atoms with E-state index < -0.39 is 0 Å². The topological polar surface area (TPSA) is 63.8 Å². The van der Waals surface area contributed by atoms with Crippen LogP contribution in [0.4, 0.5) is 5.95 Å². The van der Waals surface area contributed by atoms with Gasteiger partial charge in [-0.2, -0.15) is 0 Å². The fraction of sp³-hybridized carbons (Fsp3) is 0.583. The summed E-state index contributed by atoms with van der Waals surface area (Å²) >= 11 is 4.90. The zero-order valence-corrected chi connectivity index (χ0v) is 11.0. The van der Waals surface area contributed by atoms with Gasteiger partial charge in [0, 0.05) is 12.2 Å². The number of anilines is 1. The van der Waals surface area contributed by atoms with Gasteiger partial charge >= 0.3 is 0 Å². The summed E-state index contributed by atoms with van der Waals surface area (Å²) < 4.78 is 0. The Morgan fingerprint density at radius 3 is 2.94 bits per heavy atom. The van der Waals surface area contributed by atoms with E-state index in [0.717, 1.165) is 12.8 Å². The largest absolute Gasteiger partial charge is 0.388 e. The Bertz CT molecular complexity index is 430. The molecule has 0 bridgehead atoms. The van der Waals surface area contributed by atoms with Crippen LogP contribution in [-0.4, -0.2) is 21.0 Å². The molecule has 1 atom stereocenters. The van der Waals surface area contributed by atoms with Crippen molar-refractivity contribution in [3.63, 3.8) is 0 Å². The highest BCUT2D eigenvalue weighted by molar-refractivity contribution is 7.80. The van der Waals surface area contributed by atoms with Crippen molar-refractivity contribution in [3.8, 4) is 0 Å².